The molecule has 1 aromatic carbocycles. The number of benzene rings is 1. The van der Waals surface area contributed by atoms with Crippen molar-refractivity contribution in [2.75, 3.05) is 0 Å². The van der Waals surface area contributed by atoms with Gasteiger partial charge in [0.1, 0.15) is 0 Å². The van der Waals surface area contributed by atoms with Crippen LogP contribution < -0.4 is 0 Å². The van der Waals surface area contributed by atoms with Gasteiger partial charge in [0.25, 0.3) is 5.97 Å². The highest BCUT2D eigenvalue weighted by Crippen LogP contribution is 2.09. The van der Waals surface area contributed by atoms with Gasteiger partial charge in [0, 0.05) is 6.92 Å². The van der Waals surface area contributed by atoms with E-state index in [1.54, 1.807) is 0 Å². The zero-order valence-corrected chi connectivity index (χ0v) is 9.67. The van der Waals surface area contributed by atoms with Gasteiger partial charge in [0.15, 0.2) is 0 Å². The van der Waals surface area contributed by atoms with Crippen LogP contribution in [0.5, 0.6) is 0 Å². The fourth-order valence-electron chi connectivity index (χ4n) is 1.14. The molecular formula is C13H16O4. The zero-order chi connectivity index (χ0) is 13.3. The highest BCUT2D eigenvalue weighted by atomic mass is 16.4. The molecule has 0 saturated heterocycles. The molecule has 92 valence electrons. The summed E-state index contributed by atoms with van der Waals surface area (Å²) in [6, 6.07) is 9.54. The SMILES string of the molecule is C=CC(Cc1ccccc1)C(=O)O.CC(=O)O. The lowest BCUT2D eigenvalue weighted by molar-refractivity contribution is -0.140. The van der Waals surface area contributed by atoms with Crippen LogP contribution in [0.2, 0.25) is 0 Å². The normalized spacial score (nSPS) is 10.6. The number of hydrogen-bond acceptors (Lipinski definition) is 2. The molecule has 0 spiro atoms. The first-order valence-electron chi connectivity index (χ1n) is 5.06. The highest BCUT2D eigenvalue weighted by molar-refractivity contribution is 5.72. The second kappa shape index (κ2) is 8.10. The number of carboxylic acid groups (broad SMARTS) is 2. The van der Waals surface area contributed by atoms with Gasteiger partial charge in [-0.05, 0) is 12.0 Å². The lowest BCUT2D eigenvalue weighted by atomic mass is 10.00. The Labute approximate surface area is 100 Å². The van der Waals surface area contributed by atoms with Gasteiger partial charge in [-0.15, -0.1) is 6.58 Å². The predicted octanol–water partition coefficient (Wildman–Crippen LogP) is 2.21. The minimum Gasteiger partial charge on any atom is -0.481 e. The first-order valence-corrected chi connectivity index (χ1v) is 5.06. The molecule has 1 rings (SSSR count). The Hall–Kier alpha value is -2.10. The van der Waals surface area contributed by atoms with Crippen molar-refractivity contribution >= 4 is 11.9 Å². The Morgan fingerprint density at radius 3 is 2.12 bits per heavy atom. The average Bonchev–Trinajstić information content (AvgIpc) is 2.26. The van der Waals surface area contributed by atoms with Gasteiger partial charge in [-0.1, -0.05) is 36.4 Å². The maximum Gasteiger partial charge on any atom is 0.310 e. The Morgan fingerprint density at radius 2 is 1.76 bits per heavy atom. The molecule has 0 amide bonds. The quantitative estimate of drug-likeness (QED) is 0.786. The number of carbonyl (C=O) groups is 2. The third-order valence-corrected chi connectivity index (χ3v) is 1.90. The summed E-state index contributed by atoms with van der Waals surface area (Å²) in [5, 5.41) is 16.2. The van der Waals surface area contributed by atoms with Crippen molar-refractivity contribution < 1.29 is 19.8 Å². The van der Waals surface area contributed by atoms with Crippen LogP contribution in [0.4, 0.5) is 0 Å². The third kappa shape index (κ3) is 7.79. The molecule has 0 fully saturated rings. The number of carboxylic acids is 2. The van der Waals surface area contributed by atoms with Crippen molar-refractivity contribution in [1.82, 2.24) is 0 Å². The molecule has 0 aliphatic rings. The van der Waals surface area contributed by atoms with E-state index in [4.69, 9.17) is 15.0 Å². The summed E-state index contributed by atoms with van der Waals surface area (Å²) in [6.07, 6.45) is 1.98. The Balaban J connectivity index is 0.000000557. The summed E-state index contributed by atoms with van der Waals surface area (Å²) in [6.45, 7) is 4.58. The third-order valence-electron chi connectivity index (χ3n) is 1.90. The Kier molecular flexibility index (Phi) is 7.10. The summed E-state index contributed by atoms with van der Waals surface area (Å²) in [7, 11) is 0. The zero-order valence-electron chi connectivity index (χ0n) is 9.67. The van der Waals surface area contributed by atoms with Crippen LogP contribution in [0.1, 0.15) is 12.5 Å². The van der Waals surface area contributed by atoms with Gasteiger partial charge in [0.2, 0.25) is 0 Å². The van der Waals surface area contributed by atoms with Crippen molar-refractivity contribution in [2.24, 2.45) is 5.92 Å². The van der Waals surface area contributed by atoms with E-state index in [1.807, 2.05) is 30.3 Å². The van der Waals surface area contributed by atoms with E-state index < -0.39 is 17.9 Å². The molecule has 0 aliphatic carbocycles. The van der Waals surface area contributed by atoms with E-state index in [1.165, 1.54) is 6.08 Å². The lowest BCUT2D eigenvalue weighted by Crippen LogP contribution is -2.13. The van der Waals surface area contributed by atoms with Crippen LogP contribution in [0.3, 0.4) is 0 Å². The maximum absolute atomic E-state index is 10.7. The van der Waals surface area contributed by atoms with E-state index in [-0.39, 0.29) is 0 Å². The molecule has 17 heavy (non-hydrogen) atoms. The van der Waals surface area contributed by atoms with Gasteiger partial charge in [-0.25, -0.2) is 0 Å². The van der Waals surface area contributed by atoms with Crippen LogP contribution in [-0.2, 0) is 16.0 Å². The van der Waals surface area contributed by atoms with E-state index in [9.17, 15) is 4.79 Å². The fourth-order valence-corrected chi connectivity index (χ4v) is 1.14. The Bertz CT molecular complexity index is 366. The predicted molar refractivity (Wildman–Crippen MR) is 64.8 cm³/mol. The molecule has 0 aliphatic heterocycles. The number of hydrogen-bond donors (Lipinski definition) is 2. The second-order valence-corrected chi connectivity index (χ2v) is 3.39. The highest BCUT2D eigenvalue weighted by Gasteiger charge is 2.12. The monoisotopic (exact) mass is 236 g/mol. The molecule has 1 atom stereocenters. The minimum absolute atomic E-state index is 0.484. The lowest BCUT2D eigenvalue weighted by Gasteiger charge is -2.06. The number of aliphatic carboxylic acids is 2. The first-order chi connectivity index (χ1) is 7.97. The summed E-state index contributed by atoms with van der Waals surface area (Å²) >= 11 is 0. The molecular weight excluding hydrogens is 220 g/mol. The topological polar surface area (TPSA) is 74.6 Å². The van der Waals surface area contributed by atoms with Gasteiger partial charge >= 0.3 is 5.97 Å². The van der Waals surface area contributed by atoms with Crippen molar-refractivity contribution in [3.63, 3.8) is 0 Å². The van der Waals surface area contributed by atoms with Crippen molar-refractivity contribution in [2.45, 2.75) is 13.3 Å². The Morgan fingerprint density at radius 1 is 1.29 bits per heavy atom. The molecule has 0 aromatic heterocycles. The van der Waals surface area contributed by atoms with Gasteiger partial charge in [-0.3, -0.25) is 9.59 Å². The van der Waals surface area contributed by atoms with Crippen LogP contribution in [0.25, 0.3) is 0 Å². The van der Waals surface area contributed by atoms with E-state index in [0.29, 0.717) is 6.42 Å². The summed E-state index contributed by atoms with van der Waals surface area (Å²) in [4.78, 5) is 19.7. The van der Waals surface area contributed by atoms with Crippen molar-refractivity contribution in [3.05, 3.63) is 48.6 Å². The standard InChI is InChI=1S/C11H12O2.C2H4O2/c1-2-10(11(12)13)8-9-6-4-3-5-7-9;1-2(3)4/h2-7,10H,1,8H2,(H,12,13);1H3,(H,3,4). The summed E-state index contributed by atoms with van der Waals surface area (Å²) in [5.74, 6) is -2.14. The van der Waals surface area contributed by atoms with E-state index in [2.05, 4.69) is 6.58 Å². The summed E-state index contributed by atoms with van der Waals surface area (Å²) < 4.78 is 0. The largest absolute Gasteiger partial charge is 0.481 e. The fraction of sp³-hybridized carbons (Fsp3) is 0.231. The molecule has 1 unspecified atom stereocenters. The van der Waals surface area contributed by atoms with Gasteiger partial charge in [-0.2, -0.15) is 0 Å². The van der Waals surface area contributed by atoms with Gasteiger partial charge in [0.05, 0.1) is 5.92 Å². The molecule has 4 heteroatoms. The average molecular weight is 236 g/mol. The van der Waals surface area contributed by atoms with Crippen LogP contribution in [-0.4, -0.2) is 22.2 Å². The summed E-state index contributed by atoms with van der Waals surface area (Å²) in [5.41, 5.74) is 1.02. The van der Waals surface area contributed by atoms with Crippen LogP contribution >= 0.6 is 0 Å². The smallest absolute Gasteiger partial charge is 0.310 e. The molecule has 2 N–H and O–H groups in total. The minimum atomic E-state index is -0.833. The van der Waals surface area contributed by atoms with E-state index >= 15 is 0 Å². The van der Waals surface area contributed by atoms with E-state index in [0.717, 1.165) is 12.5 Å². The first kappa shape index (κ1) is 14.9. The number of rotatable bonds is 4. The van der Waals surface area contributed by atoms with Crippen LogP contribution in [0, 0.1) is 5.92 Å². The molecule has 1 aromatic rings. The molecule has 0 radical (unpaired) electrons. The molecule has 0 saturated carbocycles. The molecule has 4 nitrogen and oxygen atoms in total. The molecule has 0 heterocycles. The second-order valence-electron chi connectivity index (χ2n) is 3.39. The van der Waals surface area contributed by atoms with Crippen molar-refractivity contribution in [3.8, 4) is 0 Å². The van der Waals surface area contributed by atoms with Gasteiger partial charge < -0.3 is 10.2 Å². The molecule has 0 bridgehead atoms. The maximum atomic E-state index is 10.7. The van der Waals surface area contributed by atoms with Crippen LogP contribution in [0.15, 0.2) is 43.0 Å². The van der Waals surface area contributed by atoms with Crippen molar-refractivity contribution in [1.29, 1.82) is 0 Å².